The topological polar surface area (TPSA) is 169 Å². The number of H-pyrrole nitrogens is 1. The zero-order chi connectivity index (χ0) is 35.0. The van der Waals surface area contributed by atoms with E-state index in [4.69, 9.17) is 33.4 Å². The van der Waals surface area contributed by atoms with E-state index in [1.54, 1.807) is 10.8 Å². The Morgan fingerprint density at radius 1 is 0.918 bits per heavy atom. The number of nitrogens with two attached hydrogens (primary N) is 1. The Bertz CT molecular complexity index is 2080. The molecule has 0 amide bonds. The highest BCUT2D eigenvalue weighted by atomic mass is 28.5. The highest BCUT2D eigenvalue weighted by Gasteiger charge is 2.60. The highest BCUT2D eigenvalue weighted by Crippen LogP contribution is 2.49. The summed E-state index contributed by atoms with van der Waals surface area (Å²) in [6.45, 7) is 18.0. The van der Waals surface area contributed by atoms with E-state index in [1.807, 2.05) is 35.9 Å². The lowest BCUT2D eigenvalue weighted by atomic mass is 10.2. The average Bonchev–Trinajstić information content (AvgIpc) is 3.69. The Morgan fingerprint density at radius 3 is 2.31 bits per heavy atom. The van der Waals surface area contributed by atoms with Crippen LogP contribution in [0.1, 0.15) is 68.0 Å². The summed E-state index contributed by atoms with van der Waals surface area (Å²) in [5.41, 5.74) is 9.41. The molecule has 0 bridgehead atoms. The van der Waals surface area contributed by atoms with Gasteiger partial charge in [-0.3, -0.25) is 24.6 Å². The number of nitrogen functional groups attached to an aromatic ring is 1. The Hall–Kier alpha value is -3.68. The van der Waals surface area contributed by atoms with E-state index < -0.39 is 28.9 Å². The van der Waals surface area contributed by atoms with Gasteiger partial charge in [0.1, 0.15) is 17.8 Å². The van der Waals surface area contributed by atoms with Crippen LogP contribution in [0.15, 0.2) is 35.3 Å². The minimum Gasteiger partial charge on any atom is -0.414 e. The number of hydrogen-bond acceptors (Lipinski definition) is 11. The molecule has 0 unspecified atom stereocenters. The van der Waals surface area contributed by atoms with Crippen LogP contribution >= 0.6 is 0 Å². The molecule has 2 aliphatic rings. The first kappa shape index (κ1) is 33.8. The molecule has 262 valence electrons. The molecule has 1 aromatic carbocycles. The molecule has 6 heterocycles. The fourth-order valence-corrected chi connectivity index (χ4v) is 18.9. The van der Waals surface area contributed by atoms with Crippen molar-refractivity contribution in [1.82, 2.24) is 34.1 Å². The third-order valence-electron chi connectivity index (χ3n) is 10.2. The predicted molar refractivity (Wildman–Crippen MR) is 194 cm³/mol. The number of rotatable bonds is 7. The highest BCUT2D eigenvalue weighted by molar-refractivity contribution is 6.84. The molecule has 16 heteroatoms. The van der Waals surface area contributed by atoms with Crippen LogP contribution in [0, 0.1) is 0 Å². The lowest BCUT2D eigenvalue weighted by molar-refractivity contribution is -0.0539. The maximum atomic E-state index is 13.2. The number of ether oxygens (including phenoxy) is 1. The number of pyridine rings is 1. The van der Waals surface area contributed by atoms with Crippen molar-refractivity contribution in [2.24, 2.45) is 7.05 Å². The molecule has 4 N–H and O–H groups in total. The quantitative estimate of drug-likeness (QED) is 0.167. The van der Waals surface area contributed by atoms with E-state index in [9.17, 15) is 4.79 Å². The molecule has 49 heavy (non-hydrogen) atoms. The van der Waals surface area contributed by atoms with Crippen LogP contribution < -0.4 is 16.6 Å². The van der Waals surface area contributed by atoms with E-state index in [2.05, 4.69) is 75.7 Å². The van der Waals surface area contributed by atoms with E-state index >= 15 is 0 Å². The third-order valence-corrected chi connectivity index (χ3v) is 20.5. The van der Waals surface area contributed by atoms with Gasteiger partial charge in [-0.1, -0.05) is 55.4 Å². The number of aryl methyl sites for hydroxylation is 1. The molecule has 0 spiro atoms. The molecule has 0 radical (unpaired) electrons. The number of benzene rings is 1. The smallest absolute Gasteiger partial charge is 0.335 e. The molecule has 7 rings (SSSR count). The van der Waals surface area contributed by atoms with Crippen LogP contribution in [-0.4, -0.2) is 70.0 Å². The average molecular weight is 706 g/mol. The van der Waals surface area contributed by atoms with Crippen molar-refractivity contribution in [3.8, 4) is 0 Å². The van der Waals surface area contributed by atoms with Crippen LogP contribution in [0.4, 0.5) is 17.8 Å². The van der Waals surface area contributed by atoms with Gasteiger partial charge in [0.25, 0.3) is 5.56 Å². The first-order valence-corrected chi connectivity index (χ1v) is 21.1. The van der Waals surface area contributed by atoms with Crippen molar-refractivity contribution in [3.05, 3.63) is 40.8 Å². The number of nitrogens with one attached hydrogen (secondary N) is 2. The number of anilines is 3. The maximum Gasteiger partial charge on any atom is 0.335 e. The molecule has 14 nitrogen and oxygen atoms in total. The van der Waals surface area contributed by atoms with Gasteiger partial charge in [0.15, 0.2) is 11.2 Å². The number of imidazole rings is 2. The second-order valence-electron chi connectivity index (χ2n) is 14.5. The molecular weight excluding hydrogens is 659 g/mol. The third kappa shape index (κ3) is 5.39. The summed E-state index contributed by atoms with van der Waals surface area (Å²) in [5.74, 6) is 0.861. The Morgan fingerprint density at radius 2 is 1.61 bits per heavy atom. The van der Waals surface area contributed by atoms with Gasteiger partial charge in [0, 0.05) is 25.1 Å². The van der Waals surface area contributed by atoms with Crippen LogP contribution in [-0.2, 0) is 24.8 Å². The lowest BCUT2D eigenvalue weighted by Crippen LogP contribution is -2.65. The monoisotopic (exact) mass is 705 g/mol. The number of hydrogen-bond donors (Lipinski definition) is 3. The summed E-state index contributed by atoms with van der Waals surface area (Å²) in [6.07, 6.45) is 0.949. The summed E-state index contributed by atoms with van der Waals surface area (Å²) in [6, 6.07) is 7.87. The van der Waals surface area contributed by atoms with Gasteiger partial charge < -0.3 is 28.0 Å². The molecule has 0 saturated carbocycles. The molecule has 0 aliphatic carbocycles. The second kappa shape index (κ2) is 12.3. The SMILES string of the molecule is CC(C)[Si]1(C(C)C)OC[C@H]2O[C@@H](n3c(Nc4nc5c6cccnc6ccc5n4C)nc4c(=O)[nH]c(N)nc43)C[C@@H]2O[Si](C(C)C)(C(C)C)O1. The van der Waals surface area contributed by atoms with Gasteiger partial charge in [0.05, 0.1) is 23.7 Å². The van der Waals surface area contributed by atoms with Gasteiger partial charge in [-0.2, -0.15) is 4.98 Å². The Kier molecular flexibility index (Phi) is 8.47. The van der Waals surface area contributed by atoms with Crippen molar-refractivity contribution in [1.29, 1.82) is 0 Å². The van der Waals surface area contributed by atoms with Gasteiger partial charge in [-0.15, -0.1) is 0 Å². The maximum absolute atomic E-state index is 13.2. The van der Waals surface area contributed by atoms with Crippen molar-refractivity contribution < 1.29 is 17.7 Å². The molecule has 5 aromatic rings. The summed E-state index contributed by atoms with van der Waals surface area (Å²) in [7, 11) is -3.70. The molecule has 2 saturated heterocycles. The van der Waals surface area contributed by atoms with E-state index in [0.717, 1.165) is 21.9 Å². The fraction of sp³-hybridized carbons (Fsp3) is 0.545. The van der Waals surface area contributed by atoms with Gasteiger partial charge >= 0.3 is 17.1 Å². The zero-order valence-corrected chi connectivity index (χ0v) is 31.6. The van der Waals surface area contributed by atoms with Crippen LogP contribution in [0.25, 0.3) is 33.1 Å². The first-order chi connectivity index (χ1) is 23.3. The van der Waals surface area contributed by atoms with Crippen LogP contribution in [0.2, 0.25) is 22.2 Å². The predicted octanol–water partition coefficient (Wildman–Crippen LogP) is 6.12. The van der Waals surface area contributed by atoms with Crippen LogP contribution in [0.5, 0.6) is 0 Å². The summed E-state index contributed by atoms with van der Waals surface area (Å²) in [5, 5.41) is 4.33. The number of nitrogens with zero attached hydrogens (tertiary/aromatic N) is 6. The zero-order valence-electron chi connectivity index (χ0n) is 29.6. The summed E-state index contributed by atoms with van der Waals surface area (Å²) >= 11 is 0. The molecular formula is C33H47N9O5Si2. The Labute approximate surface area is 287 Å². The van der Waals surface area contributed by atoms with Crippen molar-refractivity contribution >= 4 is 68.1 Å². The van der Waals surface area contributed by atoms with E-state index in [0.29, 0.717) is 30.6 Å². The minimum atomic E-state index is -2.87. The normalized spacial score (nSPS) is 22.5. The standard InChI is InChI=1S/C33H47N9O5Si2/c1-17(2)48(18(3)4)44-16-25-24(46-49(47-48,19(5)6)20(7)8)15-26(45-25)42-29-28(30(43)39-31(34)38-29)37-33(42)40-32-36-27-21-11-10-14-35-22(21)12-13-23(27)41(32)9/h10-14,17-20,24-26H,15-16H2,1-9H3,(H,36,37,40)(H3,34,38,39,43)/t24-,25+,26+/m0/s1. The summed E-state index contributed by atoms with van der Waals surface area (Å²) in [4.78, 5) is 34.5. The van der Waals surface area contributed by atoms with Crippen molar-refractivity contribution in [2.45, 2.75) is 102 Å². The van der Waals surface area contributed by atoms with Crippen molar-refractivity contribution in [3.63, 3.8) is 0 Å². The molecule has 2 fully saturated rings. The van der Waals surface area contributed by atoms with Crippen LogP contribution in [0.3, 0.4) is 0 Å². The Balaban J connectivity index is 1.32. The second-order valence-corrected chi connectivity index (χ2v) is 23.4. The first-order valence-electron chi connectivity index (χ1n) is 17.2. The van der Waals surface area contributed by atoms with E-state index in [1.165, 1.54) is 0 Å². The van der Waals surface area contributed by atoms with E-state index in [-0.39, 0.29) is 45.8 Å². The number of aromatic nitrogens is 7. The summed E-state index contributed by atoms with van der Waals surface area (Å²) < 4.78 is 32.2. The molecule has 3 atom stereocenters. The minimum absolute atomic E-state index is 0.0143. The largest absolute Gasteiger partial charge is 0.414 e. The number of fused-ring (bicyclic) bond motifs is 5. The lowest BCUT2D eigenvalue weighted by Gasteiger charge is -2.51. The number of aromatic amines is 1. The molecule has 2 aliphatic heterocycles. The van der Waals surface area contributed by atoms with Gasteiger partial charge in [-0.25, -0.2) is 9.97 Å². The molecule has 4 aromatic heterocycles. The van der Waals surface area contributed by atoms with Crippen molar-refractivity contribution in [2.75, 3.05) is 17.7 Å². The van der Waals surface area contributed by atoms with Gasteiger partial charge in [-0.05, 0) is 46.4 Å². The van der Waals surface area contributed by atoms with Gasteiger partial charge in [0.2, 0.25) is 17.8 Å². The fourth-order valence-electron chi connectivity index (χ4n) is 7.68.